The molecule has 0 bridgehead atoms. The number of hydrogen-bond donors (Lipinski definition) is 1. The van der Waals surface area contributed by atoms with Crippen molar-refractivity contribution in [3.63, 3.8) is 0 Å². The molecule has 3 rings (SSSR count). The molecule has 0 aliphatic carbocycles. The number of rotatable bonds is 6. The first kappa shape index (κ1) is 17.2. The fraction of sp³-hybridized carbons (Fsp3) is 0.667. The summed E-state index contributed by atoms with van der Waals surface area (Å²) >= 11 is 2.07. The van der Waals surface area contributed by atoms with Crippen LogP contribution < -0.4 is 5.32 Å². The Balaban J connectivity index is 1.54. The van der Waals surface area contributed by atoms with E-state index in [9.17, 15) is 4.39 Å². The summed E-state index contributed by atoms with van der Waals surface area (Å²) in [6, 6.07) is 7.26. The molecule has 23 heavy (non-hydrogen) atoms. The molecule has 0 amide bonds. The number of morpholine rings is 1. The van der Waals surface area contributed by atoms with Gasteiger partial charge in [-0.25, -0.2) is 4.39 Å². The number of nitrogens with one attached hydrogen (secondary N) is 1. The molecule has 0 radical (unpaired) electrons. The van der Waals surface area contributed by atoms with Crippen LogP contribution in [0.2, 0.25) is 0 Å². The molecule has 128 valence electrons. The topological polar surface area (TPSA) is 24.5 Å². The van der Waals surface area contributed by atoms with Gasteiger partial charge in [0.1, 0.15) is 5.82 Å². The molecule has 5 heteroatoms. The lowest BCUT2D eigenvalue weighted by Gasteiger charge is -2.43. The Morgan fingerprint density at radius 3 is 2.70 bits per heavy atom. The summed E-state index contributed by atoms with van der Waals surface area (Å²) in [5.74, 6) is 2.30. The summed E-state index contributed by atoms with van der Waals surface area (Å²) in [6.45, 7) is 7.07. The van der Waals surface area contributed by atoms with E-state index < -0.39 is 0 Å². The van der Waals surface area contributed by atoms with Crippen LogP contribution in [0.4, 0.5) is 4.39 Å². The highest BCUT2D eigenvalue weighted by atomic mass is 32.2. The summed E-state index contributed by atoms with van der Waals surface area (Å²) < 4.78 is 18.5. The van der Waals surface area contributed by atoms with Crippen LogP contribution in [0.25, 0.3) is 0 Å². The summed E-state index contributed by atoms with van der Waals surface area (Å²) in [6.07, 6.45) is 2.19. The van der Waals surface area contributed by atoms with Crippen LogP contribution in [-0.2, 0) is 11.2 Å². The van der Waals surface area contributed by atoms with Crippen LogP contribution in [0, 0.1) is 5.82 Å². The van der Waals surface area contributed by atoms with Gasteiger partial charge in [0.2, 0.25) is 0 Å². The largest absolute Gasteiger partial charge is 0.379 e. The van der Waals surface area contributed by atoms with Gasteiger partial charge in [-0.3, -0.25) is 4.90 Å². The minimum atomic E-state index is -0.163. The van der Waals surface area contributed by atoms with Crippen molar-refractivity contribution in [2.24, 2.45) is 0 Å². The van der Waals surface area contributed by atoms with Gasteiger partial charge in [-0.2, -0.15) is 11.8 Å². The lowest BCUT2D eigenvalue weighted by atomic mass is 9.94. The molecule has 2 aliphatic heterocycles. The highest BCUT2D eigenvalue weighted by molar-refractivity contribution is 7.99. The predicted octanol–water partition coefficient (Wildman–Crippen LogP) is 2.55. The number of halogens is 1. The minimum absolute atomic E-state index is 0.163. The van der Waals surface area contributed by atoms with E-state index in [1.54, 1.807) is 12.1 Å². The third-order valence-electron chi connectivity index (χ3n) is 5.00. The van der Waals surface area contributed by atoms with Crippen LogP contribution in [0.1, 0.15) is 18.9 Å². The Morgan fingerprint density at radius 1 is 1.30 bits per heavy atom. The van der Waals surface area contributed by atoms with Crippen LogP contribution in [0.5, 0.6) is 0 Å². The van der Waals surface area contributed by atoms with Crippen molar-refractivity contribution in [1.82, 2.24) is 10.2 Å². The summed E-state index contributed by atoms with van der Waals surface area (Å²) in [5.41, 5.74) is 1.47. The molecule has 2 heterocycles. The Labute approximate surface area is 143 Å². The van der Waals surface area contributed by atoms with Crippen LogP contribution in [0.15, 0.2) is 24.3 Å². The smallest absolute Gasteiger partial charge is 0.123 e. The number of ether oxygens (including phenoxy) is 1. The third-order valence-corrected chi connectivity index (χ3v) is 6.23. The highest BCUT2D eigenvalue weighted by Crippen LogP contribution is 2.33. The molecule has 1 aromatic carbocycles. The molecular formula is C18H27FN2OS. The third kappa shape index (κ3) is 4.47. The fourth-order valence-corrected chi connectivity index (χ4v) is 5.02. The highest BCUT2D eigenvalue weighted by Gasteiger charge is 2.40. The zero-order valence-corrected chi connectivity index (χ0v) is 14.7. The van der Waals surface area contributed by atoms with E-state index in [1.807, 2.05) is 12.1 Å². The van der Waals surface area contributed by atoms with Gasteiger partial charge in [-0.1, -0.05) is 12.1 Å². The molecule has 0 unspecified atom stereocenters. The maximum Gasteiger partial charge on any atom is 0.123 e. The summed E-state index contributed by atoms with van der Waals surface area (Å²) in [7, 11) is 0. The average Bonchev–Trinajstić information content (AvgIpc) is 3.06. The second-order valence-electron chi connectivity index (χ2n) is 6.74. The second-order valence-corrected chi connectivity index (χ2v) is 7.84. The molecule has 0 aromatic heterocycles. The van der Waals surface area contributed by atoms with E-state index in [-0.39, 0.29) is 11.4 Å². The molecular weight excluding hydrogens is 311 g/mol. The quantitative estimate of drug-likeness (QED) is 0.862. The van der Waals surface area contributed by atoms with Gasteiger partial charge in [-0.15, -0.1) is 0 Å². The van der Waals surface area contributed by atoms with Crippen molar-refractivity contribution < 1.29 is 9.13 Å². The molecule has 2 atom stereocenters. The van der Waals surface area contributed by atoms with E-state index >= 15 is 0 Å². The zero-order chi connectivity index (χ0) is 16.1. The molecule has 2 saturated heterocycles. The Morgan fingerprint density at radius 2 is 2.04 bits per heavy atom. The summed E-state index contributed by atoms with van der Waals surface area (Å²) in [4.78, 5) is 2.63. The number of hydrogen-bond acceptors (Lipinski definition) is 4. The molecule has 3 nitrogen and oxygen atoms in total. The van der Waals surface area contributed by atoms with E-state index in [1.165, 1.54) is 23.5 Å². The molecule has 2 fully saturated rings. The Kier molecular flexibility index (Phi) is 5.96. The number of thioether (sulfide) groups is 1. The van der Waals surface area contributed by atoms with Crippen LogP contribution in [-0.4, -0.2) is 60.8 Å². The summed E-state index contributed by atoms with van der Waals surface area (Å²) in [5, 5.41) is 3.74. The number of benzene rings is 1. The van der Waals surface area contributed by atoms with Crippen molar-refractivity contribution >= 4 is 11.8 Å². The van der Waals surface area contributed by atoms with Gasteiger partial charge in [0, 0.05) is 37.0 Å². The average molecular weight is 338 g/mol. The molecule has 1 aromatic rings. The van der Waals surface area contributed by atoms with Gasteiger partial charge in [0.05, 0.1) is 13.2 Å². The van der Waals surface area contributed by atoms with E-state index in [0.29, 0.717) is 6.04 Å². The predicted molar refractivity (Wildman–Crippen MR) is 94.6 cm³/mol. The maximum atomic E-state index is 13.0. The molecule has 0 saturated carbocycles. The lowest BCUT2D eigenvalue weighted by molar-refractivity contribution is -0.0139. The van der Waals surface area contributed by atoms with Gasteiger partial charge >= 0.3 is 0 Å². The molecule has 1 N–H and O–H groups in total. The lowest BCUT2D eigenvalue weighted by Crippen LogP contribution is -2.59. The van der Waals surface area contributed by atoms with Crippen LogP contribution in [0.3, 0.4) is 0 Å². The standard InChI is InChI=1S/C18H27FN2OS/c1-15(12-16-2-4-17(19)5-3-16)20-13-18(6-11-23-14-18)21-7-9-22-10-8-21/h2-5,15,20H,6-14H2,1H3/t15-,18+/m1/s1. The van der Waals surface area contributed by atoms with Crippen molar-refractivity contribution in [1.29, 1.82) is 0 Å². The van der Waals surface area contributed by atoms with Crippen molar-refractivity contribution in [3.8, 4) is 0 Å². The second kappa shape index (κ2) is 7.97. The van der Waals surface area contributed by atoms with Gasteiger partial charge < -0.3 is 10.1 Å². The number of nitrogens with zero attached hydrogens (tertiary/aromatic N) is 1. The minimum Gasteiger partial charge on any atom is -0.379 e. The van der Waals surface area contributed by atoms with Crippen molar-refractivity contribution in [2.75, 3.05) is 44.4 Å². The Hall–Kier alpha value is -0.620. The first-order chi connectivity index (χ1) is 11.2. The van der Waals surface area contributed by atoms with Gasteiger partial charge in [0.25, 0.3) is 0 Å². The van der Waals surface area contributed by atoms with Crippen molar-refractivity contribution in [3.05, 3.63) is 35.6 Å². The SMILES string of the molecule is C[C@H](Cc1ccc(F)cc1)NC[C@@]1(N2CCOCC2)CCSC1. The fourth-order valence-electron chi connectivity index (χ4n) is 3.55. The van der Waals surface area contributed by atoms with Crippen molar-refractivity contribution in [2.45, 2.75) is 31.3 Å². The van der Waals surface area contributed by atoms with E-state index in [0.717, 1.165) is 39.3 Å². The van der Waals surface area contributed by atoms with Gasteiger partial charge in [-0.05, 0) is 43.2 Å². The van der Waals surface area contributed by atoms with Crippen LogP contribution >= 0.6 is 11.8 Å². The first-order valence-corrected chi connectivity index (χ1v) is 9.72. The Bertz CT molecular complexity index is 484. The molecule has 0 spiro atoms. The monoisotopic (exact) mass is 338 g/mol. The maximum absolute atomic E-state index is 13.0. The van der Waals surface area contributed by atoms with E-state index in [2.05, 4.69) is 28.9 Å². The first-order valence-electron chi connectivity index (χ1n) is 8.56. The normalized spacial score (nSPS) is 27.2. The molecule has 2 aliphatic rings. The van der Waals surface area contributed by atoms with E-state index in [4.69, 9.17) is 4.74 Å². The zero-order valence-electron chi connectivity index (χ0n) is 13.9. The van der Waals surface area contributed by atoms with Gasteiger partial charge in [0.15, 0.2) is 0 Å².